The molecule has 0 bridgehead atoms. The van der Waals surface area contributed by atoms with Crippen molar-refractivity contribution in [3.8, 4) is 0 Å². The number of benzene rings is 2. The van der Waals surface area contributed by atoms with Gasteiger partial charge in [0.25, 0.3) is 0 Å². The van der Waals surface area contributed by atoms with Gasteiger partial charge < -0.3 is 5.32 Å². The minimum Gasteiger partial charge on any atom is -0.325 e. The Balaban J connectivity index is 1.93. The van der Waals surface area contributed by atoms with Gasteiger partial charge in [0.15, 0.2) is 0 Å². The van der Waals surface area contributed by atoms with Crippen LogP contribution in [0.3, 0.4) is 0 Å². The van der Waals surface area contributed by atoms with Gasteiger partial charge in [-0.15, -0.1) is 11.8 Å². The van der Waals surface area contributed by atoms with Crippen LogP contribution in [0.2, 0.25) is 0 Å². The normalized spacial score (nSPS) is 12.6. The molecule has 24 heavy (non-hydrogen) atoms. The van der Waals surface area contributed by atoms with E-state index in [4.69, 9.17) is 5.14 Å². The largest absolute Gasteiger partial charge is 0.325 e. The van der Waals surface area contributed by atoms with Gasteiger partial charge in [-0.2, -0.15) is 0 Å². The van der Waals surface area contributed by atoms with Gasteiger partial charge in [-0.1, -0.05) is 24.3 Å². The van der Waals surface area contributed by atoms with E-state index >= 15 is 0 Å². The summed E-state index contributed by atoms with van der Waals surface area (Å²) in [5.74, 6) is 0.628. The maximum absolute atomic E-state index is 12.2. The Morgan fingerprint density at radius 2 is 1.79 bits per heavy atom. The van der Waals surface area contributed by atoms with Crippen LogP contribution in [-0.4, -0.2) is 19.6 Å². The summed E-state index contributed by atoms with van der Waals surface area (Å²) in [6.45, 7) is 3.89. The van der Waals surface area contributed by atoms with E-state index < -0.39 is 10.0 Å². The summed E-state index contributed by atoms with van der Waals surface area (Å²) in [6.07, 6.45) is 0. The Hall–Kier alpha value is -1.83. The highest BCUT2D eigenvalue weighted by atomic mass is 32.2. The zero-order valence-electron chi connectivity index (χ0n) is 13.5. The highest BCUT2D eigenvalue weighted by molar-refractivity contribution is 7.99. The van der Waals surface area contributed by atoms with Gasteiger partial charge in [-0.3, -0.25) is 4.79 Å². The van der Waals surface area contributed by atoms with Crippen LogP contribution >= 0.6 is 11.8 Å². The molecule has 0 aromatic heterocycles. The molecule has 3 N–H and O–H groups in total. The van der Waals surface area contributed by atoms with Crippen molar-refractivity contribution in [1.29, 1.82) is 0 Å². The van der Waals surface area contributed by atoms with Crippen LogP contribution < -0.4 is 10.5 Å². The summed E-state index contributed by atoms with van der Waals surface area (Å²) in [5, 5.41) is 7.59. The fourth-order valence-electron chi connectivity index (χ4n) is 2.03. The van der Waals surface area contributed by atoms with Gasteiger partial charge in [0, 0.05) is 11.4 Å². The predicted octanol–water partition coefficient (Wildman–Crippen LogP) is 2.90. The fraction of sp³-hybridized carbons (Fsp3) is 0.235. The number of rotatable bonds is 6. The molecule has 0 saturated heterocycles. The summed E-state index contributed by atoms with van der Waals surface area (Å²) in [6, 6.07) is 13.9. The van der Waals surface area contributed by atoms with Crippen molar-refractivity contribution in [3.05, 3.63) is 59.7 Å². The average molecular weight is 364 g/mol. The van der Waals surface area contributed by atoms with Crippen molar-refractivity contribution < 1.29 is 13.2 Å². The monoisotopic (exact) mass is 364 g/mol. The number of hydrogen-bond acceptors (Lipinski definition) is 4. The summed E-state index contributed by atoms with van der Waals surface area (Å²) in [7, 11) is -3.72. The van der Waals surface area contributed by atoms with E-state index in [9.17, 15) is 13.2 Å². The summed E-state index contributed by atoms with van der Waals surface area (Å²) >= 11 is 1.55. The van der Waals surface area contributed by atoms with E-state index in [0.717, 1.165) is 5.75 Å². The van der Waals surface area contributed by atoms with Crippen molar-refractivity contribution in [1.82, 2.24) is 0 Å². The van der Waals surface area contributed by atoms with Gasteiger partial charge in [0.05, 0.1) is 10.1 Å². The molecule has 1 amide bonds. The fourth-order valence-corrected chi connectivity index (χ4v) is 3.51. The van der Waals surface area contributed by atoms with Crippen LogP contribution in [0.25, 0.3) is 0 Å². The standard InChI is InChI=1S/C17H20N2O3S2/c1-12-5-3-4-6-14(12)11-23-13(2)17(20)19-15-7-9-16(10-8-15)24(18,21)22/h3-10,13H,11H2,1-2H3,(H,19,20)(H2,18,21,22). The van der Waals surface area contributed by atoms with Crippen molar-refractivity contribution in [2.45, 2.75) is 29.7 Å². The molecule has 0 aliphatic heterocycles. The molecule has 0 radical (unpaired) electrons. The van der Waals surface area contributed by atoms with E-state index in [1.54, 1.807) is 11.8 Å². The van der Waals surface area contributed by atoms with Crippen molar-refractivity contribution in [2.24, 2.45) is 5.14 Å². The highest BCUT2D eigenvalue weighted by Crippen LogP contribution is 2.21. The molecule has 1 atom stereocenters. The zero-order valence-corrected chi connectivity index (χ0v) is 15.2. The quantitative estimate of drug-likeness (QED) is 0.825. The van der Waals surface area contributed by atoms with E-state index in [2.05, 4.69) is 11.4 Å². The van der Waals surface area contributed by atoms with Gasteiger partial charge in [0.2, 0.25) is 15.9 Å². The Bertz CT molecular complexity index is 818. The van der Waals surface area contributed by atoms with Gasteiger partial charge >= 0.3 is 0 Å². The second kappa shape index (κ2) is 7.83. The first-order valence-corrected chi connectivity index (χ1v) is 9.97. The molecule has 2 aromatic carbocycles. The molecule has 0 fully saturated rings. The number of carbonyl (C=O) groups is 1. The molecule has 2 aromatic rings. The first-order chi connectivity index (χ1) is 11.3. The molecule has 0 heterocycles. The molecule has 128 valence electrons. The minimum atomic E-state index is -3.72. The van der Waals surface area contributed by atoms with E-state index in [1.165, 1.54) is 35.4 Å². The molecule has 2 rings (SSSR count). The highest BCUT2D eigenvalue weighted by Gasteiger charge is 2.15. The topological polar surface area (TPSA) is 89.3 Å². The summed E-state index contributed by atoms with van der Waals surface area (Å²) in [4.78, 5) is 12.2. The summed E-state index contributed by atoms with van der Waals surface area (Å²) < 4.78 is 22.4. The van der Waals surface area contributed by atoms with Gasteiger partial charge in [-0.05, 0) is 49.2 Å². The number of nitrogens with one attached hydrogen (secondary N) is 1. The Morgan fingerprint density at radius 3 is 2.38 bits per heavy atom. The lowest BCUT2D eigenvalue weighted by atomic mass is 10.1. The van der Waals surface area contributed by atoms with Crippen molar-refractivity contribution >= 4 is 33.4 Å². The Labute approximate surface area is 146 Å². The lowest BCUT2D eigenvalue weighted by molar-refractivity contribution is -0.115. The molecule has 0 aliphatic carbocycles. The van der Waals surface area contributed by atoms with E-state index in [1.807, 2.05) is 32.0 Å². The second-order valence-electron chi connectivity index (χ2n) is 5.44. The average Bonchev–Trinajstić information content (AvgIpc) is 2.53. The third-order valence-electron chi connectivity index (χ3n) is 3.57. The molecule has 0 aliphatic rings. The van der Waals surface area contributed by atoms with E-state index in [-0.39, 0.29) is 16.1 Å². The lowest BCUT2D eigenvalue weighted by Gasteiger charge is -2.13. The smallest absolute Gasteiger partial charge is 0.238 e. The first-order valence-electron chi connectivity index (χ1n) is 7.37. The Kier molecular flexibility index (Phi) is 6.04. The SMILES string of the molecule is Cc1ccccc1CSC(C)C(=O)Nc1ccc(S(N)(=O)=O)cc1. The van der Waals surface area contributed by atoms with Crippen LogP contribution in [0.15, 0.2) is 53.4 Å². The van der Waals surface area contributed by atoms with Crippen molar-refractivity contribution in [2.75, 3.05) is 5.32 Å². The number of hydrogen-bond donors (Lipinski definition) is 2. The maximum atomic E-state index is 12.2. The number of sulfonamides is 1. The van der Waals surface area contributed by atoms with Crippen LogP contribution in [0, 0.1) is 6.92 Å². The molecular weight excluding hydrogens is 344 g/mol. The maximum Gasteiger partial charge on any atom is 0.238 e. The number of amides is 1. The van der Waals surface area contributed by atoms with E-state index in [0.29, 0.717) is 5.69 Å². The van der Waals surface area contributed by atoms with Gasteiger partial charge in [-0.25, -0.2) is 13.6 Å². The number of nitrogens with two attached hydrogens (primary N) is 1. The number of aryl methyl sites for hydroxylation is 1. The van der Waals surface area contributed by atoms with Gasteiger partial charge in [0.1, 0.15) is 0 Å². The third-order valence-corrected chi connectivity index (χ3v) is 5.69. The van der Waals surface area contributed by atoms with Crippen LogP contribution in [0.5, 0.6) is 0 Å². The third kappa shape index (κ3) is 5.09. The minimum absolute atomic E-state index is 0.0162. The molecule has 1 unspecified atom stereocenters. The molecule has 0 saturated carbocycles. The number of carbonyl (C=O) groups excluding carboxylic acids is 1. The second-order valence-corrected chi connectivity index (χ2v) is 8.33. The summed E-state index contributed by atoms with van der Waals surface area (Å²) in [5.41, 5.74) is 2.95. The first kappa shape index (κ1) is 18.5. The molecule has 5 nitrogen and oxygen atoms in total. The van der Waals surface area contributed by atoms with Crippen LogP contribution in [0.1, 0.15) is 18.1 Å². The van der Waals surface area contributed by atoms with Crippen molar-refractivity contribution in [3.63, 3.8) is 0 Å². The van der Waals surface area contributed by atoms with Crippen LogP contribution in [-0.2, 0) is 20.6 Å². The van der Waals surface area contributed by atoms with Crippen LogP contribution in [0.4, 0.5) is 5.69 Å². The number of primary sulfonamides is 1. The molecule has 7 heteroatoms. The number of anilines is 1. The lowest BCUT2D eigenvalue weighted by Crippen LogP contribution is -2.22. The zero-order chi connectivity index (χ0) is 17.7. The molecular formula is C17H20N2O3S2. The predicted molar refractivity (Wildman–Crippen MR) is 98.4 cm³/mol. The Morgan fingerprint density at radius 1 is 1.17 bits per heavy atom. The molecule has 0 spiro atoms. The number of thioether (sulfide) groups is 1.